The summed E-state index contributed by atoms with van der Waals surface area (Å²) in [5.74, 6) is 0.133. The molecular weight excluding hydrogens is 278 g/mol. The van der Waals surface area contributed by atoms with Gasteiger partial charge in [0, 0.05) is 22.5 Å². The van der Waals surface area contributed by atoms with Crippen LogP contribution >= 0.6 is 15.9 Å². The topological polar surface area (TPSA) is 46.2 Å². The van der Waals surface area contributed by atoms with Gasteiger partial charge in [-0.05, 0) is 35.0 Å². The molecule has 0 fully saturated rings. The number of nitrogens with one attached hydrogen (secondary N) is 1. The maximum Gasteiger partial charge on any atom is 0.149 e. The van der Waals surface area contributed by atoms with Gasteiger partial charge in [0.05, 0.1) is 5.75 Å². The lowest BCUT2D eigenvalue weighted by Gasteiger charge is -2.15. The summed E-state index contributed by atoms with van der Waals surface area (Å²) in [5.41, 5.74) is 0.911. The molecule has 5 heteroatoms. The van der Waals surface area contributed by atoms with Crippen LogP contribution in [0.4, 0.5) is 5.69 Å². The van der Waals surface area contributed by atoms with Gasteiger partial charge in [0.15, 0.2) is 0 Å². The van der Waals surface area contributed by atoms with Crippen molar-refractivity contribution in [1.82, 2.24) is 0 Å². The first kappa shape index (κ1) is 12.5. The van der Waals surface area contributed by atoms with E-state index >= 15 is 0 Å². The van der Waals surface area contributed by atoms with E-state index in [-0.39, 0.29) is 11.8 Å². The molecule has 15 heavy (non-hydrogen) atoms. The van der Waals surface area contributed by atoms with Crippen LogP contribution in [0.15, 0.2) is 28.7 Å². The van der Waals surface area contributed by atoms with Crippen molar-refractivity contribution < 1.29 is 8.42 Å². The Morgan fingerprint density at radius 3 is 2.53 bits per heavy atom. The maximum atomic E-state index is 11.1. The Hall–Kier alpha value is -0.550. The van der Waals surface area contributed by atoms with Crippen molar-refractivity contribution in [3.05, 3.63) is 28.7 Å². The van der Waals surface area contributed by atoms with E-state index in [1.807, 2.05) is 31.2 Å². The van der Waals surface area contributed by atoms with Crippen LogP contribution in [-0.2, 0) is 9.84 Å². The first-order chi connectivity index (χ1) is 6.88. The number of benzene rings is 1. The van der Waals surface area contributed by atoms with E-state index in [1.165, 1.54) is 6.26 Å². The fourth-order valence-corrected chi connectivity index (χ4v) is 2.73. The van der Waals surface area contributed by atoms with Gasteiger partial charge in [-0.25, -0.2) is 8.42 Å². The van der Waals surface area contributed by atoms with Gasteiger partial charge in [0.2, 0.25) is 0 Å². The number of hydrogen-bond acceptors (Lipinski definition) is 3. The third-order valence-corrected chi connectivity index (χ3v) is 3.63. The van der Waals surface area contributed by atoms with Crippen molar-refractivity contribution in [2.24, 2.45) is 0 Å². The van der Waals surface area contributed by atoms with Gasteiger partial charge in [-0.15, -0.1) is 0 Å². The zero-order chi connectivity index (χ0) is 11.5. The molecule has 1 aromatic carbocycles. The molecule has 0 aliphatic heterocycles. The zero-order valence-corrected chi connectivity index (χ0v) is 11.1. The average molecular weight is 292 g/mol. The molecule has 0 spiro atoms. The highest BCUT2D eigenvalue weighted by Gasteiger charge is 2.10. The summed E-state index contributed by atoms with van der Waals surface area (Å²) in [4.78, 5) is 0. The monoisotopic (exact) mass is 291 g/mol. The molecule has 1 rings (SSSR count). The van der Waals surface area contributed by atoms with Gasteiger partial charge >= 0.3 is 0 Å². The van der Waals surface area contributed by atoms with Crippen LogP contribution < -0.4 is 5.32 Å². The van der Waals surface area contributed by atoms with Gasteiger partial charge in [-0.2, -0.15) is 0 Å². The van der Waals surface area contributed by atoms with E-state index in [0.717, 1.165) is 10.2 Å². The first-order valence-electron chi connectivity index (χ1n) is 4.57. The Labute approximate surface area is 98.9 Å². The zero-order valence-electron chi connectivity index (χ0n) is 8.70. The number of halogens is 1. The van der Waals surface area contributed by atoms with E-state index in [4.69, 9.17) is 0 Å². The SMILES string of the molecule is CC(CS(C)(=O)=O)Nc1ccccc1Br. The molecule has 3 nitrogen and oxygen atoms in total. The molecule has 1 unspecified atom stereocenters. The van der Waals surface area contributed by atoms with E-state index in [1.54, 1.807) is 0 Å². The second-order valence-electron chi connectivity index (χ2n) is 3.62. The number of rotatable bonds is 4. The van der Waals surface area contributed by atoms with E-state index < -0.39 is 9.84 Å². The van der Waals surface area contributed by atoms with Crippen molar-refractivity contribution >= 4 is 31.5 Å². The third-order valence-electron chi connectivity index (χ3n) is 1.83. The molecule has 0 aromatic heterocycles. The quantitative estimate of drug-likeness (QED) is 0.926. The molecule has 1 aromatic rings. The summed E-state index contributed by atoms with van der Waals surface area (Å²) < 4.78 is 23.1. The fourth-order valence-electron chi connectivity index (χ4n) is 1.34. The molecular formula is C10H14BrNO2S. The lowest BCUT2D eigenvalue weighted by Crippen LogP contribution is -2.25. The van der Waals surface area contributed by atoms with Crippen LogP contribution in [0.25, 0.3) is 0 Å². The van der Waals surface area contributed by atoms with Gasteiger partial charge in [-0.3, -0.25) is 0 Å². The number of para-hydroxylation sites is 1. The summed E-state index contributed by atoms with van der Waals surface area (Å²) in [6, 6.07) is 7.54. The van der Waals surface area contributed by atoms with Crippen LogP contribution in [0.1, 0.15) is 6.92 Å². The summed E-state index contributed by atoms with van der Waals surface area (Å²) in [5, 5.41) is 3.14. The van der Waals surface area contributed by atoms with Crippen molar-refractivity contribution in [2.45, 2.75) is 13.0 Å². The van der Waals surface area contributed by atoms with Crippen molar-refractivity contribution in [1.29, 1.82) is 0 Å². The highest BCUT2D eigenvalue weighted by Crippen LogP contribution is 2.21. The Bertz CT molecular complexity index is 431. The minimum Gasteiger partial charge on any atom is -0.381 e. The highest BCUT2D eigenvalue weighted by atomic mass is 79.9. The van der Waals surface area contributed by atoms with Crippen molar-refractivity contribution in [3.63, 3.8) is 0 Å². The average Bonchev–Trinajstić information content (AvgIpc) is 2.05. The largest absolute Gasteiger partial charge is 0.381 e. The summed E-state index contributed by atoms with van der Waals surface area (Å²) in [6.07, 6.45) is 1.24. The Morgan fingerprint density at radius 2 is 2.00 bits per heavy atom. The van der Waals surface area contributed by atoms with Crippen molar-refractivity contribution in [3.8, 4) is 0 Å². The standard InChI is InChI=1S/C10H14BrNO2S/c1-8(7-15(2,13)14)12-10-6-4-3-5-9(10)11/h3-6,8,12H,7H2,1-2H3. The van der Waals surface area contributed by atoms with Crippen molar-refractivity contribution in [2.75, 3.05) is 17.3 Å². The Balaban J connectivity index is 2.67. The molecule has 0 aliphatic carbocycles. The fraction of sp³-hybridized carbons (Fsp3) is 0.400. The van der Waals surface area contributed by atoms with E-state index in [9.17, 15) is 8.42 Å². The van der Waals surface area contributed by atoms with Crippen LogP contribution in [-0.4, -0.2) is 26.5 Å². The second-order valence-corrected chi connectivity index (χ2v) is 6.66. The molecule has 0 heterocycles. The molecule has 0 radical (unpaired) electrons. The van der Waals surface area contributed by atoms with Gasteiger partial charge in [0.1, 0.15) is 9.84 Å². The summed E-state index contributed by atoms with van der Waals surface area (Å²) >= 11 is 3.39. The predicted octanol–water partition coefficient (Wildman–Crippen LogP) is 2.29. The maximum absolute atomic E-state index is 11.1. The van der Waals surface area contributed by atoms with Crippen LogP contribution in [0, 0.1) is 0 Å². The van der Waals surface area contributed by atoms with Gasteiger partial charge < -0.3 is 5.32 Å². The predicted molar refractivity (Wildman–Crippen MR) is 66.9 cm³/mol. The van der Waals surface area contributed by atoms with E-state index in [0.29, 0.717) is 0 Å². The molecule has 0 saturated heterocycles. The normalized spacial score (nSPS) is 13.5. The van der Waals surface area contributed by atoms with Crippen LogP contribution in [0.3, 0.4) is 0 Å². The lowest BCUT2D eigenvalue weighted by molar-refractivity contribution is 0.598. The molecule has 0 aliphatic rings. The Kier molecular flexibility index (Phi) is 4.16. The van der Waals surface area contributed by atoms with E-state index in [2.05, 4.69) is 21.2 Å². The smallest absolute Gasteiger partial charge is 0.149 e. The second kappa shape index (κ2) is 4.99. The molecule has 1 N–H and O–H groups in total. The van der Waals surface area contributed by atoms with Crippen LogP contribution in [0.2, 0.25) is 0 Å². The molecule has 84 valence electrons. The first-order valence-corrected chi connectivity index (χ1v) is 7.42. The highest BCUT2D eigenvalue weighted by molar-refractivity contribution is 9.10. The van der Waals surface area contributed by atoms with Crippen LogP contribution in [0.5, 0.6) is 0 Å². The molecule has 1 atom stereocenters. The number of anilines is 1. The molecule has 0 amide bonds. The third kappa shape index (κ3) is 4.66. The summed E-state index contributed by atoms with van der Waals surface area (Å²) in [7, 11) is -2.93. The van der Waals surface area contributed by atoms with Gasteiger partial charge in [-0.1, -0.05) is 12.1 Å². The lowest BCUT2D eigenvalue weighted by atomic mass is 10.3. The minimum atomic E-state index is -2.93. The Morgan fingerprint density at radius 1 is 1.40 bits per heavy atom. The minimum absolute atomic E-state index is 0.0984. The number of sulfone groups is 1. The number of hydrogen-bond donors (Lipinski definition) is 1. The molecule has 0 saturated carbocycles. The summed E-state index contributed by atoms with van der Waals surface area (Å²) in [6.45, 7) is 1.85. The van der Waals surface area contributed by atoms with Gasteiger partial charge in [0.25, 0.3) is 0 Å². The molecule has 0 bridgehead atoms.